The average Bonchev–Trinajstić information content (AvgIpc) is 1.82. The number of aryl methyl sites for hydroxylation is 3. The van der Waals surface area contributed by atoms with Crippen molar-refractivity contribution in [2.45, 2.75) is 25.7 Å². The van der Waals surface area contributed by atoms with Crippen molar-refractivity contribution in [3.8, 4) is 0 Å². The number of benzene rings is 1. The minimum Gasteiger partial charge on any atom is -0.255 e. The van der Waals surface area contributed by atoms with Crippen LogP contribution in [0.1, 0.15) is 16.7 Å². The lowest BCUT2D eigenvalue weighted by molar-refractivity contribution is 0.686. The summed E-state index contributed by atoms with van der Waals surface area (Å²) in [4.78, 5) is 0.987. The summed E-state index contributed by atoms with van der Waals surface area (Å²) in [5.41, 5.74) is 3.50. The minimum atomic E-state index is -0.860. The van der Waals surface area contributed by atoms with E-state index in [0.717, 1.165) is 16.0 Å². The van der Waals surface area contributed by atoms with Gasteiger partial charge < -0.3 is 0 Å². The van der Waals surface area contributed by atoms with Crippen LogP contribution in [0.4, 0.5) is 0 Å². The van der Waals surface area contributed by atoms with E-state index in [1.807, 2.05) is 13.8 Å². The van der Waals surface area contributed by atoms with Crippen molar-refractivity contribution < 1.29 is 4.21 Å². The van der Waals surface area contributed by atoms with Crippen molar-refractivity contribution in [1.82, 2.24) is 0 Å². The van der Waals surface area contributed by atoms with Crippen molar-refractivity contribution >= 4 is 10.8 Å². The predicted molar refractivity (Wildman–Crippen MR) is 53.0 cm³/mol. The second-order valence-corrected chi connectivity index (χ2v) is 4.50. The van der Waals surface area contributed by atoms with Crippen molar-refractivity contribution in [3.63, 3.8) is 0 Å². The largest absolute Gasteiger partial charge is 0.255 e. The first-order valence-electron chi connectivity index (χ1n) is 3.93. The molecule has 2 heteroatoms. The molecule has 0 fully saturated rings. The van der Waals surface area contributed by atoms with Crippen LogP contribution in [0.5, 0.6) is 0 Å². The van der Waals surface area contributed by atoms with Gasteiger partial charge in [0.05, 0.1) is 10.8 Å². The van der Waals surface area contributed by atoms with Gasteiger partial charge in [0.25, 0.3) is 0 Å². The molecule has 0 saturated heterocycles. The van der Waals surface area contributed by atoms with Gasteiger partial charge in [-0.05, 0) is 31.9 Å². The quantitative estimate of drug-likeness (QED) is 0.651. The monoisotopic (exact) mass is 182 g/mol. The molecule has 0 N–H and O–H groups in total. The normalized spacial score (nSPS) is 13.0. The highest BCUT2D eigenvalue weighted by molar-refractivity contribution is 7.84. The number of hydrogen-bond donors (Lipinski definition) is 0. The predicted octanol–water partition coefficient (Wildman–Crippen LogP) is 2.35. The summed E-state index contributed by atoms with van der Waals surface area (Å²) in [6.07, 6.45) is 1.73. The second kappa shape index (κ2) is 3.40. The fourth-order valence-corrected chi connectivity index (χ4v) is 2.64. The molecule has 0 aliphatic rings. The van der Waals surface area contributed by atoms with E-state index in [2.05, 4.69) is 19.1 Å². The standard InChI is InChI=1S/C10H14OS/c1-7-5-8(2)10(12(4)11)9(3)6-7/h5-6H,1-4H3/t12-/m1/s1. The van der Waals surface area contributed by atoms with Gasteiger partial charge in [0.1, 0.15) is 0 Å². The zero-order chi connectivity index (χ0) is 9.30. The summed E-state index contributed by atoms with van der Waals surface area (Å²) >= 11 is 0. The van der Waals surface area contributed by atoms with Crippen molar-refractivity contribution in [2.24, 2.45) is 0 Å². The van der Waals surface area contributed by atoms with Gasteiger partial charge in [-0.1, -0.05) is 17.7 Å². The van der Waals surface area contributed by atoms with Crippen LogP contribution in [-0.2, 0) is 10.8 Å². The second-order valence-electron chi connectivity index (χ2n) is 3.18. The Hall–Kier alpha value is -0.630. The molecule has 0 bridgehead atoms. The lowest BCUT2D eigenvalue weighted by Gasteiger charge is -2.07. The molecule has 0 saturated carbocycles. The fourth-order valence-electron chi connectivity index (χ4n) is 1.62. The van der Waals surface area contributed by atoms with E-state index in [4.69, 9.17) is 0 Å². The van der Waals surface area contributed by atoms with Gasteiger partial charge in [-0.3, -0.25) is 4.21 Å². The highest BCUT2D eigenvalue weighted by atomic mass is 32.2. The Bertz CT molecular complexity index is 306. The van der Waals surface area contributed by atoms with E-state index in [1.54, 1.807) is 6.26 Å². The van der Waals surface area contributed by atoms with Crippen LogP contribution in [0.2, 0.25) is 0 Å². The molecule has 0 aliphatic carbocycles. The SMILES string of the molecule is Cc1cc(C)c([S@@](C)=O)c(C)c1. The Balaban J connectivity index is 3.38. The van der Waals surface area contributed by atoms with Gasteiger partial charge in [-0.25, -0.2) is 0 Å². The van der Waals surface area contributed by atoms with Gasteiger partial charge in [0.15, 0.2) is 0 Å². The maximum atomic E-state index is 11.3. The summed E-state index contributed by atoms with van der Waals surface area (Å²) in [7, 11) is -0.860. The molecule has 1 aromatic rings. The Morgan fingerprint density at radius 1 is 1.08 bits per heavy atom. The maximum absolute atomic E-state index is 11.3. The van der Waals surface area contributed by atoms with Crippen molar-refractivity contribution in [1.29, 1.82) is 0 Å². The summed E-state index contributed by atoms with van der Waals surface area (Å²) in [5, 5.41) is 0. The van der Waals surface area contributed by atoms with Crippen LogP contribution in [0.15, 0.2) is 17.0 Å². The van der Waals surface area contributed by atoms with E-state index in [1.165, 1.54) is 5.56 Å². The number of hydrogen-bond acceptors (Lipinski definition) is 1. The molecule has 1 atom stereocenters. The Morgan fingerprint density at radius 3 is 1.83 bits per heavy atom. The Labute approximate surface area is 76.3 Å². The van der Waals surface area contributed by atoms with E-state index in [-0.39, 0.29) is 0 Å². The van der Waals surface area contributed by atoms with Crippen LogP contribution >= 0.6 is 0 Å². The summed E-state index contributed by atoms with van der Waals surface area (Å²) in [5.74, 6) is 0. The summed E-state index contributed by atoms with van der Waals surface area (Å²) in [6, 6.07) is 4.15. The van der Waals surface area contributed by atoms with Gasteiger partial charge in [0.2, 0.25) is 0 Å². The zero-order valence-corrected chi connectivity index (χ0v) is 8.79. The van der Waals surface area contributed by atoms with Crippen LogP contribution in [0, 0.1) is 20.8 Å². The van der Waals surface area contributed by atoms with Gasteiger partial charge in [0, 0.05) is 11.2 Å². The number of rotatable bonds is 1. The summed E-state index contributed by atoms with van der Waals surface area (Å²) in [6.45, 7) is 6.08. The van der Waals surface area contributed by atoms with E-state index in [0.29, 0.717) is 0 Å². The Morgan fingerprint density at radius 2 is 1.50 bits per heavy atom. The molecule has 0 heterocycles. The highest BCUT2D eigenvalue weighted by Gasteiger charge is 2.06. The van der Waals surface area contributed by atoms with Crippen molar-refractivity contribution in [2.75, 3.05) is 6.26 Å². The fraction of sp³-hybridized carbons (Fsp3) is 0.400. The molecule has 66 valence electrons. The molecule has 1 aromatic carbocycles. The molecule has 0 unspecified atom stereocenters. The molecule has 0 aromatic heterocycles. The van der Waals surface area contributed by atoms with Gasteiger partial charge in [-0.2, -0.15) is 0 Å². The van der Waals surface area contributed by atoms with Gasteiger partial charge in [-0.15, -0.1) is 0 Å². The average molecular weight is 182 g/mol. The third-order valence-corrected chi connectivity index (χ3v) is 3.11. The molecule has 0 radical (unpaired) electrons. The molecule has 12 heavy (non-hydrogen) atoms. The molecule has 0 spiro atoms. The van der Waals surface area contributed by atoms with E-state index in [9.17, 15) is 4.21 Å². The van der Waals surface area contributed by atoms with E-state index < -0.39 is 10.8 Å². The first-order chi connectivity index (χ1) is 5.52. The van der Waals surface area contributed by atoms with Crippen LogP contribution in [0.3, 0.4) is 0 Å². The third kappa shape index (κ3) is 1.75. The molecule has 0 amide bonds. The van der Waals surface area contributed by atoms with Crippen LogP contribution in [0.25, 0.3) is 0 Å². The topological polar surface area (TPSA) is 17.1 Å². The highest BCUT2D eigenvalue weighted by Crippen LogP contribution is 2.18. The van der Waals surface area contributed by atoms with Crippen LogP contribution in [-0.4, -0.2) is 10.5 Å². The molecular formula is C10H14OS. The third-order valence-electron chi connectivity index (χ3n) is 1.89. The summed E-state index contributed by atoms with van der Waals surface area (Å²) < 4.78 is 11.3. The molecule has 1 rings (SSSR count). The maximum Gasteiger partial charge on any atom is 0.0503 e. The van der Waals surface area contributed by atoms with Crippen molar-refractivity contribution in [3.05, 3.63) is 28.8 Å². The Kier molecular flexibility index (Phi) is 2.68. The minimum absolute atomic E-state index is 0.860. The first kappa shape index (κ1) is 9.46. The lowest BCUT2D eigenvalue weighted by Crippen LogP contribution is -1.96. The first-order valence-corrected chi connectivity index (χ1v) is 5.49. The smallest absolute Gasteiger partial charge is 0.0503 e. The zero-order valence-electron chi connectivity index (χ0n) is 7.97. The van der Waals surface area contributed by atoms with E-state index >= 15 is 0 Å². The molecule has 0 aliphatic heterocycles. The van der Waals surface area contributed by atoms with Gasteiger partial charge >= 0.3 is 0 Å². The lowest BCUT2D eigenvalue weighted by atomic mass is 10.1. The molecular weight excluding hydrogens is 168 g/mol. The molecule has 1 nitrogen and oxygen atoms in total. The van der Waals surface area contributed by atoms with Crippen LogP contribution < -0.4 is 0 Å².